The Morgan fingerprint density at radius 2 is 2.25 bits per heavy atom. The molecule has 0 fully saturated rings. The number of benzene rings is 1. The Balaban J connectivity index is 3.02. The van der Waals surface area contributed by atoms with E-state index in [1.165, 1.54) is 25.3 Å². The SMILES string of the molecule is CCC(=O)Nc1ccc([N+](=O)[O-])cc1OC. The molecule has 0 aliphatic heterocycles. The fourth-order valence-corrected chi connectivity index (χ4v) is 1.14. The first-order valence-electron chi connectivity index (χ1n) is 4.70. The zero-order valence-corrected chi connectivity index (χ0v) is 9.02. The summed E-state index contributed by atoms with van der Waals surface area (Å²) in [5, 5.41) is 13.1. The summed E-state index contributed by atoms with van der Waals surface area (Å²) in [6, 6.07) is 4.03. The van der Waals surface area contributed by atoms with E-state index in [-0.39, 0.29) is 17.3 Å². The van der Waals surface area contributed by atoms with Gasteiger partial charge in [-0.05, 0) is 6.07 Å². The van der Waals surface area contributed by atoms with E-state index in [4.69, 9.17) is 4.74 Å². The molecule has 0 spiro atoms. The number of nitro groups is 1. The molecule has 1 aromatic rings. The summed E-state index contributed by atoms with van der Waals surface area (Å²) in [6.07, 6.45) is 0.333. The third-order valence-corrected chi connectivity index (χ3v) is 1.99. The minimum absolute atomic E-state index is 0.0775. The van der Waals surface area contributed by atoms with Gasteiger partial charge in [0.2, 0.25) is 5.91 Å². The van der Waals surface area contributed by atoms with Crippen LogP contribution in [0.5, 0.6) is 5.75 Å². The van der Waals surface area contributed by atoms with Crippen LogP contribution in [0.15, 0.2) is 18.2 Å². The van der Waals surface area contributed by atoms with E-state index >= 15 is 0 Å². The minimum Gasteiger partial charge on any atom is -0.494 e. The van der Waals surface area contributed by atoms with Gasteiger partial charge >= 0.3 is 0 Å². The molecule has 6 nitrogen and oxygen atoms in total. The van der Waals surface area contributed by atoms with Gasteiger partial charge < -0.3 is 10.1 Å². The summed E-state index contributed by atoms with van der Waals surface area (Å²) in [6.45, 7) is 1.72. The van der Waals surface area contributed by atoms with E-state index in [1.807, 2.05) is 0 Å². The lowest BCUT2D eigenvalue weighted by molar-refractivity contribution is -0.384. The fourth-order valence-electron chi connectivity index (χ4n) is 1.14. The van der Waals surface area contributed by atoms with Crippen LogP contribution in [0.1, 0.15) is 13.3 Å². The number of rotatable bonds is 4. The quantitative estimate of drug-likeness (QED) is 0.626. The van der Waals surface area contributed by atoms with Gasteiger partial charge in [-0.15, -0.1) is 0 Å². The second kappa shape index (κ2) is 5.11. The van der Waals surface area contributed by atoms with Crippen molar-refractivity contribution in [2.24, 2.45) is 0 Å². The maximum atomic E-state index is 11.2. The van der Waals surface area contributed by atoms with Gasteiger partial charge in [0.05, 0.1) is 23.8 Å². The minimum atomic E-state index is -0.520. The van der Waals surface area contributed by atoms with Crippen molar-refractivity contribution in [1.82, 2.24) is 0 Å². The molecule has 0 atom stereocenters. The Morgan fingerprint density at radius 1 is 1.56 bits per heavy atom. The lowest BCUT2D eigenvalue weighted by atomic mass is 10.2. The van der Waals surface area contributed by atoms with Crippen LogP contribution in [0.25, 0.3) is 0 Å². The van der Waals surface area contributed by atoms with Gasteiger partial charge in [0.1, 0.15) is 5.75 Å². The first-order valence-corrected chi connectivity index (χ1v) is 4.70. The van der Waals surface area contributed by atoms with E-state index < -0.39 is 4.92 Å². The van der Waals surface area contributed by atoms with Crippen molar-refractivity contribution in [3.8, 4) is 5.75 Å². The molecule has 86 valence electrons. The molecule has 0 saturated heterocycles. The largest absolute Gasteiger partial charge is 0.494 e. The number of ether oxygens (including phenoxy) is 1. The Bertz CT molecular complexity index is 417. The molecule has 6 heteroatoms. The number of hydrogen-bond donors (Lipinski definition) is 1. The molecule has 1 N–H and O–H groups in total. The molecular weight excluding hydrogens is 212 g/mol. The summed E-state index contributed by atoms with van der Waals surface area (Å²) in [5.74, 6) is 0.100. The smallest absolute Gasteiger partial charge is 0.273 e. The van der Waals surface area contributed by atoms with E-state index in [9.17, 15) is 14.9 Å². The molecule has 0 bridgehead atoms. The van der Waals surface area contributed by atoms with Crippen LogP contribution in [0.3, 0.4) is 0 Å². The van der Waals surface area contributed by atoms with E-state index in [2.05, 4.69) is 5.32 Å². The van der Waals surface area contributed by atoms with Gasteiger partial charge in [0, 0.05) is 12.5 Å². The lowest BCUT2D eigenvalue weighted by Crippen LogP contribution is -2.10. The molecule has 16 heavy (non-hydrogen) atoms. The van der Waals surface area contributed by atoms with Crippen molar-refractivity contribution in [2.75, 3.05) is 12.4 Å². The summed E-state index contributed by atoms with van der Waals surface area (Å²) in [7, 11) is 1.39. The summed E-state index contributed by atoms with van der Waals surface area (Å²) in [4.78, 5) is 21.2. The standard InChI is InChI=1S/C10H12N2O4/c1-3-10(13)11-8-5-4-7(12(14)15)6-9(8)16-2/h4-6H,3H2,1-2H3,(H,11,13). The molecule has 0 heterocycles. The summed E-state index contributed by atoms with van der Waals surface area (Å²) in [5.41, 5.74) is 0.353. The van der Waals surface area contributed by atoms with Gasteiger partial charge in [0.15, 0.2) is 0 Å². The highest BCUT2D eigenvalue weighted by Crippen LogP contribution is 2.28. The first-order chi connectivity index (χ1) is 7.58. The summed E-state index contributed by atoms with van der Waals surface area (Å²) >= 11 is 0. The second-order valence-electron chi connectivity index (χ2n) is 3.04. The molecule has 0 aromatic heterocycles. The number of amides is 1. The highest BCUT2D eigenvalue weighted by Gasteiger charge is 2.12. The average Bonchev–Trinajstić information content (AvgIpc) is 2.29. The zero-order chi connectivity index (χ0) is 12.1. The molecule has 1 aromatic carbocycles. The van der Waals surface area contributed by atoms with Crippen molar-refractivity contribution in [2.45, 2.75) is 13.3 Å². The highest BCUT2D eigenvalue weighted by molar-refractivity contribution is 5.92. The van der Waals surface area contributed by atoms with E-state index in [1.54, 1.807) is 6.92 Å². The lowest BCUT2D eigenvalue weighted by Gasteiger charge is -2.08. The van der Waals surface area contributed by atoms with Crippen LogP contribution < -0.4 is 10.1 Å². The van der Waals surface area contributed by atoms with Crippen LogP contribution in [-0.4, -0.2) is 17.9 Å². The highest BCUT2D eigenvalue weighted by atomic mass is 16.6. The predicted octanol–water partition coefficient (Wildman–Crippen LogP) is 1.95. The van der Waals surface area contributed by atoms with Crippen LogP contribution in [0.4, 0.5) is 11.4 Å². The molecule has 1 amide bonds. The van der Waals surface area contributed by atoms with Crippen LogP contribution in [-0.2, 0) is 4.79 Å². The molecule has 1 rings (SSSR count). The topological polar surface area (TPSA) is 81.5 Å². The molecule has 0 unspecified atom stereocenters. The molecular formula is C10H12N2O4. The van der Waals surface area contributed by atoms with E-state index in [0.717, 1.165) is 0 Å². The first kappa shape index (κ1) is 12.0. The predicted molar refractivity (Wildman–Crippen MR) is 58.6 cm³/mol. The number of methoxy groups -OCH3 is 1. The van der Waals surface area contributed by atoms with Crippen LogP contribution >= 0.6 is 0 Å². The van der Waals surface area contributed by atoms with Crippen molar-refractivity contribution >= 4 is 17.3 Å². The van der Waals surface area contributed by atoms with Crippen molar-refractivity contribution < 1.29 is 14.5 Å². The van der Waals surface area contributed by atoms with E-state index in [0.29, 0.717) is 12.1 Å². The Hall–Kier alpha value is -2.11. The number of nitrogens with one attached hydrogen (secondary N) is 1. The monoisotopic (exact) mass is 224 g/mol. The number of non-ortho nitro benzene ring substituents is 1. The molecule has 0 saturated carbocycles. The van der Waals surface area contributed by atoms with Gasteiger partial charge in [-0.1, -0.05) is 6.92 Å². The number of nitro benzene ring substituents is 1. The molecule has 0 aliphatic carbocycles. The van der Waals surface area contributed by atoms with Gasteiger partial charge in [-0.25, -0.2) is 0 Å². The second-order valence-corrected chi connectivity index (χ2v) is 3.04. The average molecular weight is 224 g/mol. The fraction of sp³-hybridized carbons (Fsp3) is 0.300. The number of nitrogens with zero attached hydrogens (tertiary/aromatic N) is 1. The maximum absolute atomic E-state index is 11.2. The number of carbonyl (C=O) groups is 1. The van der Waals surface area contributed by atoms with Gasteiger partial charge in [0.25, 0.3) is 5.69 Å². The zero-order valence-electron chi connectivity index (χ0n) is 9.02. The Kier molecular flexibility index (Phi) is 3.82. The normalized spacial score (nSPS) is 9.62. The number of hydrogen-bond acceptors (Lipinski definition) is 4. The van der Waals surface area contributed by atoms with Crippen molar-refractivity contribution in [3.05, 3.63) is 28.3 Å². The van der Waals surface area contributed by atoms with Crippen LogP contribution in [0.2, 0.25) is 0 Å². The van der Waals surface area contributed by atoms with Crippen LogP contribution in [0, 0.1) is 10.1 Å². The molecule has 0 aliphatic rings. The maximum Gasteiger partial charge on any atom is 0.273 e. The third kappa shape index (κ3) is 2.69. The van der Waals surface area contributed by atoms with Gasteiger partial charge in [-0.3, -0.25) is 14.9 Å². The molecule has 0 radical (unpaired) electrons. The third-order valence-electron chi connectivity index (χ3n) is 1.99. The van der Waals surface area contributed by atoms with Gasteiger partial charge in [-0.2, -0.15) is 0 Å². The summed E-state index contributed by atoms with van der Waals surface area (Å²) < 4.78 is 4.96. The number of carbonyl (C=O) groups excluding carboxylic acids is 1. The van der Waals surface area contributed by atoms with Crippen molar-refractivity contribution in [3.63, 3.8) is 0 Å². The van der Waals surface area contributed by atoms with Crippen molar-refractivity contribution in [1.29, 1.82) is 0 Å². The number of anilines is 1. The Morgan fingerprint density at radius 3 is 2.75 bits per heavy atom. The Labute approximate surface area is 92.4 Å².